The second kappa shape index (κ2) is 7.65. The summed E-state index contributed by atoms with van der Waals surface area (Å²) in [5, 5.41) is 0. The van der Waals surface area contributed by atoms with E-state index in [0.29, 0.717) is 43.4 Å². The van der Waals surface area contributed by atoms with E-state index in [2.05, 4.69) is 4.98 Å². The van der Waals surface area contributed by atoms with Gasteiger partial charge in [-0.1, -0.05) is 12.1 Å². The number of sulfonamides is 1. The van der Waals surface area contributed by atoms with E-state index in [1.165, 1.54) is 0 Å². The minimum atomic E-state index is -3.59. The van der Waals surface area contributed by atoms with Gasteiger partial charge in [0.1, 0.15) is 12.3 Å². The molecule has 2 aromatic heterocycles. The summed E-state index contributed by atoms with van der Waals surface area (Å²) in [6, 6.07) is 11.4. The molecule has 172 valence electrons. The third-order valence-electron chi connectivity index (χ3n) is 7.13. The molecule has 1 aliphatic carbocycles. The molecule has 33 heavy (non-hydrogen) atoms. The first kappa shape index (κ1) is 20.8. The Morgan fingerprint density at radius 1 is 1.00 bits per heavy atom. The monoisotopic (exact) mass is 466 g/mol. The Labute approximate surface area is 192 Å². The Morgan fingerprint density at radius 2 is 1.76 bits per heavy atom. The largest absolute Gasteiger partial charge is 0.363 e. The van der Waals surface area contributed by atoms with Crippen molar-refractivity contribution in [3.8, 4) is 11.1 Å². The summed E-state index contributed by atoms with van der Waals surface area (Å²) in [7, 11) is -3.59. The predicted octanol–water partition coefficient (Wildman–Crippen LogP) is 2.55. The van der Waals surface area contributed by atoms with Crippen molar-refractivity contribution in [2.24, 2.45) is 0 Å². The molecule has 0 unspecified atom stereocenters. The topological polar surface area (TPSA) is 84.2 Å². The van der Waals surface area contributed by atoms with Crippen LogP contribution in [0, 0.1) is 0 Å². The fraction of sp³-hybridized carbons (Fsp3) is 0.417. The third-order valence-corrected chi connectivity index (χ3v) is 9.04. The van der Waals surface area contributed by atoms with Gasteiger partial charge in [0.05, 0.1) is 17.0 Å². The van der Waals surface area contributed by atoms with Crippen LogP contribution in [0.5, 0.6) is 0 Å². The van der Waals surface area contributed by atoms with E-state index in [4.69, 9.17) is 4.74 Å². The van der Waals surface area contributed by atoms with Crippen LogP contribution in [0.1, 0.15) is 25.7 Å². The van der Waals surface area contributed by atoms with Gasteiger partial charge in [0.25, 0.3) is 0 Å². The summed E-state index contributed by atoms with van der Waals surface area (Å²) in [5.41, 5.74) is 2.36. The van der Waals surface area contributed by atoms with E-state index in [1.807, 2.05) is 46.0 Å². The molecular weight excluding hydrogens is 440 g/mol. The number of ether oxygens (including phenoxy) is 1. The summed E-state index contributed by atoms with van der Waals surface area (Å²) < 4.78 is 36.0. The molecule has 1 aromatic carbocycles. The van der Waals surface area contributed by atoms with E-state index in [0.717, 1.165) is 29.6 Å². The first-order valence-corrected chi connectivity index (χ1v) is 12.8. The molecule has 1 amide bonds. The molecule has 8 nitrogen and oxygen atoms in total. The van der Waals surface area contributed by atoms with Crippen LogP contribution in [0.15, 0.2) is 59.9 Å². The summed E-state index contributed by atoms with van der Waals surface area (Å²) in [6.07, 6.45) is 8.91. The van der Waals surface area contributed by atoms with Crippen molar-refractivity contribution in [1.29, 1.82) is 0 Å². The molecule has 2 saturated heterocycles. The number of fused-ring (bicyclic) bond motifs is 1. The van der Waals surface area contributed by atoms with Crippen LogP contribution in [0.25, 0.3) is 16.8 Å². The Morgan fingerprint density at radius 3 is 2.48 bits per heavy atom. The Hall–Kier alpha value is -2.75. The van der Waals surface area contributed by atoms with E-state index in [1.54, 1.807) is 22.6 Å². The minimum absolute atomic E-state index is 0.0603. The fourth-order valence-corrected chi connectivity index (χ4v) is 6.40. The Kier molecular flexibility index (Phi) is 4.83. The van der Waals surface area contributed by atoms with Crippen LogP contribution < -0.4 is 0 Å². The summed E-state index contributed by atoms with van der Waals surface area (Å²) in [4.78, 5) is 18.7. The molecule has 9 heteroatoms. The van der Waals surface area contributed by atoms with Gasteiger partial charge in [-0.25, -0.2) is 13.4 Å². The van der Waals surface area contributed by atoms with Gasteiger partial charge in [-0.3, -0.25) is 4.79 Å². The number of imidazole rings is 1. The molecule has 0 radical (unpaired) electrons. The maximum Gasteiger partial charge on any atom is 0.248 e. The predicted molar refractivity (Wildman–Crippen MR) is 122 cm³/mol. The van der Waals surface area contributed by atoms with Crippen molar-refractivity contribution in [3.05, 3.63) is 55.0 Å². The molecule has 1 spiro atoms. The highest BCUT2D eigenvalue weighted by atomic mass is 32.2. The Bertz CT molecular complexity index is 1310. The van der Waals surface area contributed by atoms with Crippen molar-refractivity contribution in [1.82, 2.24) is 18.6 Å². The van der Waals surface area contributed by atoms with Crippen molar-refractivity contribution in [3.63, 3.8) is 0 Å². The van der Waals surface area contributed by atoms with Gasteiger partial charge in [0, 0.05) is 37.7 Å². The number of morpholine rings is 1. The van der Waals surface area contributed by atoms with Gasteiger partial charge in [-0.15, -0.1) is 0 Å². The molecular formula is C24H26N4O4S. The van der Waals surface area contributed by atoms with Gasteiger partial charge < -0.3 is 14.0 Å². The molecule has 0 bridgehead atoms. The zero-order valence-electron chi connectivity index (χ0n) is 18.3. The molecule has 3 aromatic rings. The minimum Gasteiger partial charge on any atom is -0.363 e. The first-order valence-electron chi connectivity index (χ1n) is 11.4. The summed E-state index contributed by atoms with van der Waals surface area (Å²) >= 11 is 0. The van der Waals surface area contributed by atoms with E-state index < -0.39 is 15.6 Å². The molecule has 4 heterocycles. The normalized spacial score (nSPS) is 21.7. The number of piperidine rings is 1. The van der Waals surface area contributed by atoms with Crippen LogP contribution in [-0.2, 0) is 19.6 Å². The molecule has 1 saturated carbocycles. The standard InChI is InChI=1S/C24H26N4O4S/c29-23-16-32-24(17-28(23)20-3-4-20)8-12-27(13-9-24)33(30,31)21-5-1-18(2-6-21)19-7-11-26-14-10-25-22(26)15-19/h1-2,5-7,10-11,14-15,20H,3-4,8-9,12-13,16-17H2. The molecule has 2 aliphatic heterocycles. The number of pyridine rings is 1. The van der Waals surface area contributed by atoms with Crippen LogP contribution >= 0.6 is 0 Å². The number of carbonyl (C=O) groups excluding carboxylic acids is 1. The smallest absolute Gasteiger partial charge is 0.248 e. The van der Waals surface area contributed by atoms with Crippen molar-refractivity contribution in [2.75, 3.05) is 26.2 Å². The van der Waals surface area contributed by atoms with Gasteiger partial charge >= 0.3 is 0 Å². The number of hydrogen-bond acceptors (Lipinski definition) is 5. The van der Waals surface area contributed by atoms with Gasteiger partial charge in [0.15, 0.2) is 0 Å². The summed E-state index contributed by atoms with van der Waals surface area (Å²) in [5.74, 6) is 0.0603. The maximum atomic E-state index is 13.3. The lowest BCUT2D eigenvalue weighted by molar-refractivity contribution is -0.170. The van der Waals surface area contributed by atoms with E-state index >= 15 is 0 Å². The quantitative estimate of drug-likeness (QED) is 0.590. The van der Waals surface area contributed by atoms with Gasteiger partial charge in [0.2, 0.25) is 15.9 Å². The number of amides is 1. The second-order valence-corrected chi connectivity index (χ2v) is 11.2. The number of carbonyl (C=O) groups is 1. The molecule has 6 rings (SSSR count). The zero-order chi connectivity index (χ0) is 22.6. The average Bonchev–Trinajstić information content (AvgIpc) is 3.57. The van der Waals surface area contributed by atoms with Crippen LogP contribution in [0.4, 0.5) is 0 Å². The van der Waals surface area contributed by atoms with Crippen molar-refractivity contribution < 1.29 is 17.9 Å². The number of rotatable bonds is 4. The SMILES string of the molecule is O=C1COC2(CCN(S(=O)(=O)c3ccc(-c4ccn5ccnc5c4)cc3)CC2)CN1C1CC1. The number of benzene rings is 1. The van der Waals surface area contributed by atoms with Crippen LogP contribution in [0.2, 0.25) is 0 Å². The van der Waals surface area contributed by atoms with Gasteiger partial charge in [-0.05, 0) is 61.1 Å². The number of aromatic nitrogens is 2. The number of nitrogens with zero attached hydrogens (tertiary/aromatic N) is 4. The van der Waals surface area contributed by atoms with Crippen LogP contribution in [0.3, 0.4) is 0 Å². The van der Waals surface area contributed by atoms with Crippen molar-refractivity contribution >= 4 is 21.6 Å². The highest BCUT2D eigenvalue weighted by molar-refractivity contribution is 7.89. The van der Waals surface area contributed by atoms with E-state index in [-0.39, 0.29) is 12.5 Å². The van der Waals surface area contributed by atoms with Crippen molar-refractivity contribution in [2.45, 2.75) is 42.2 Å². The molecule has 0 atom stereocenters. The molecule has 3 fully saturated rings. The second-order valence-electron chi connectivity index (χ2n) is 9.26. The molecule has 3 aliphatic rings. The lowest BCUT2D eigenvalue weighted by Gasteiger charge is -2.46. The Balaban J connectivity index is 1.16. The lowest BCUT2D eigenvalue weighted by atomic mass is 9.90. The molecule has 0 N–H and O–H groups in total. The van der Waals surface area contributed by atoms with Crippen LogP contribution in [-0.4, -0.2) is 70.8 Å². The zero-order valence-corrected chi connectivity index (χ0v) is 19.1. The highest BCUT2D eigenvalue weighted by Gasteiger charge is 2.47. The first-order chi connectivity index (χ1) is 15.9. The maximum absolute atomic E-state index is 13.3. The highest BCUT2D eigenvalue weighted by Crippen LogP contribution is 2.37. The number of hydrogen-bond donors (Lipinski definition) is 0. The fourth-order valence-electron chi connectivity index (χ4n) is 4.96. The van der Waals surface area contributed by atoms with Gasteiger partial charge in [-0.2, -0.15) is 4.31 Å². The average molecular weight is 467 g/mol. The lowest BCUT2D eigenvalue weighted by Crippen LogP contribution is -2.59. The third kappa shape index (κ3) is 3.74. The van der Waals surface area contributed by atoms with E-state index in [9.17, 15) is 13.2 Å². The summed E-state index contributed by atoms with van der Waals surface area (Å²) in [6.45, 7) is 1.48.